The van der Waals surface area contributed by atoms with Gasteiger partial charge in [-0.15, -0.1) is 10.2 Å². The maximum absolute atomic E-state index is 13.7. The fourth-order valence-electron chi connectivity index (χ4n) is 3.07. The zero-order valence-electron chi connectivity index (χ0n) is 18.0. The molecule has 2 amide bonds. The van der Waals surface area contributed by atoms with E-state index < -0.39 is 11.9 Å². The molecule has 0 saturated carbocycles. The molecule has 1 atom stereocenters. The Morgan fingerprint density at radius 1 is 1.16 bits per heavy atom. The van der Waals surface area contributed by atoms with Crippen molar-refractivity contribution >= 4 is 29.3 Å². The maximum atomic E-state index is 13.7. The van der Waals surface area contributed by atoms with Crippen LogP contribution in [0.5, 0.6) is 5.75 Å². The topological polar surface area (TPSA) is 98.1 Å². The highest BCUT2D eigenvalue weighted by Crippen LogP contribution is 2.23. The first-order valence-corrected chi connectivity index (χ1v) is 11.0. The summed E-state index contributed by atoms with van der Waals surface area (Å²) in [5.74, 6) is -0.0681. The predicted octanol–water partition coefficient (Wildman–Crippen LogP) is 3.67. The summed E-state index contributed by atoms with van der Waals surface area (Å²) in [6, 6.07) is 12.5. The Bertz CT molecular complexity index is 1100. The van der Waals surface area contributed by atoms with E-state index in [0.29, 0.717) is 28.8 Å². The predicted molar refractivity (Wildman–Crippen MR) is 120 cm³/mol. The average molecular weight is 458 g/mol. The molecule has 0 aliphatic rings. The molecule has 0 bridgehead atoms. The van der Waals surface area contributed by atoms with Crippen molar-refractivity contribution in [3.8, 4) is 5.75 Å². The number of carbonyl (C=O) groups is 2. The number of benzene rings is 2. The monoisotopic (exact) mass is 457 g/mol. The molecule has 168 valence electrons. The highest BCUT2D eigenvalue weighted by atomic mass is 32.2. The van der Waals surface area contributed by atoms with Gasteiger partial charge < -0.3 is 19.9 Å². The molecule has 32 heavy (non-hydrogen) atoms. The number of rotatable bonds is 9. The number of carbonyl (C=O) groups excluding carboxylic acids is 2. The van der Waals surface area contributed by atoms with Gasteiger partial charge in [-0.25, -0.2) is 4.39 Å². The number of nitrogens with zero attached hydrogens (tertiary/aromatic N) is 3. The first-order chi connectivity index (χ1) is 15.4. The van der Waals surface area contributed by atoms with E-state index in [9.17, 15) is 14.0 Å². The Morgan fingerprint density at radius 3 is 2.59 bits per heavy atom. The average Bonchev–Trinajstić information content (AvgIpc) is 3.22. The van der Waals surface area contributed by atoms with E-state index >= 15 is 0 Å². The van der Waals surface area contributed by atoms with Crippen LogP contribution in [0, 0.1) is 5.82 Å². The van der Waals surface area contributed by atoms with Gasteiger partial charge in [-0.05, 0) is 38.1 Å². The number of ether oxygens (including phenoxy) is 1. The quantitative estimate of drug-likeness (QED) is 0.476. The summed E-state index contributed by atoms with van der Waals surface area (Å²) in [6.45, 7) is 4.28. The van der Waals surface area contributed by atoms with Crippen LogP contribution in [0.25, 0.3) is 0 Å². The number of methoxy groups -OCH3 is 1. The van der Waals surface area contributed by atoms with Crippen molar-refractivity contribution in [2.45, 2.75) is 31.6 Å². The van der Waals surface area contributed by atoms with Crippen LogP contribution in [0.1, 0.15) is 36.1 Å². The van der Waals surface area contributed by atoms with Gasteiger partial charge >= 0.3 is 0 Å². The van der Waals surface area contributed by atoms with E-state index in [4.69, 9.17) is 4.74 Å². The summed E-state index contributed by atoms with van der Waals surface area (Å²) in [7, 11) is 1.51. The molecule has 0 aliphatic heterocycles. The number of hydrogen-bond donors (Lipinski definition) is 2. The van der Waals surface area contributed by atoms with Gasteiger partial charge in [0.25, 0.3) is 5.91 Å². The second kappa shape index (κ2) is 10.8. The van der Waals surface area contributed by atoms with Gasteiger partial charge in [0.15, 0.2) is 11.0 Å². The Kier molecular flexibility index (Phi) is 7.82. The third-order valence-electron chi connectivity index (χ3n) is 4.63. The number of aromatic nitrogens is 3. The molecule has 3 rings (SSSR count). The minimum absolute atomic E-state index is 0.0361. The van der Waals surface area contributed by atoms with Crippen LogP contribution in [-0.2, 0) is 11.3 Å². The van der Waals surface area contributed by atoms with Gasteiger partial charge in [-0.3, -0.25) is 9.59 Å². The lowest BCUT2D eigenvalue weighted by Gasteiger charge is -2.16. The van der Waals surface area contributed by atoms with Crippen molar-refractivity contribution in [2.24, 2.45) is 0 Å². The molecule has 0 saturated heterocycles. The standard InChI is InChI=1S/C22H24FN5O3S/c1-4-28-20(14(2)24-21(30)15-9-5-8-12-18(15)31-3)26-27-22(28)32-13-19(29)25-17-11-7-6-10-16(17)23/h5-12,14H,4,13H2,1-3H3,(H,24,30)(H,25,29)/t14-/m0/s1. The number of thioether (sulfide) groups is 1. The van der Waals surface area contributed by atoms with Gasteiger partial charge in [0.05, 0.1) is 30.2 Å². The Hall–Kier alpha value is -3.40. The van der Waals surface area contributed by atoms with Gasteiger partial charge in [-0.1, -0.05) is 36.0 Å². The highest BCUT2D eigenvalue weighted by Gasteiger charge is 2.21. The molecule has 0 spiro atoms. The van der Waals surface area contributed by atoms with E-state index in [1.165, 1.54) is 31.0 Å². The van der Waals surface area contributed by atoms with Crippen LogP contribution in [-0.4, -0.2) is 39.4 Å². The zero-order chi connectivity index (χ0) is 23.1. The summed E-state index contributed by atoms with van der Waals surface area (Å²) < 4.78 is 20.8. The smallest absolute Gasteiger partial charge is 0.255 e. The molecule has 1 heterocycles. The lowest BCUT2D eigenvalue weighted by Crippen LogP contribution is -2.29. The third-order valence-corrected chi connectivity index (χ3v) is 5.60. The maximum Gasteiger partial charge on any atom is 0.255 e. The summed E-state index contributed by atoms with van der Waals surface area (Å²) in [6.07, 6.45) is 0. The number of nitrogens with one attached hydrogen (secondary N) is 2. The van der Waals surface area contributed by atoms with Crippen molar-refractivity contribution < 1.29 is 18.7 Å². The van der Waals surface area contributed by atoms with E-state index in [0.717, 1.165) is 0 Å². The van der Waals surface area contributed by atoms with Crippen LogP contribution in [0.4, 0.5) is 10.1 Å². The largest absolute Gasteiger partial charge is 0.496 e. The molecule has 10 heteroatoms. The van der Waals surface area contributed by atoms with E-state index in [1.54, 1.807) is 36.4 Å². The second-order valence-corrected chi connectivity index (χ2v) is 7.74. The SMILES string of the molecule is CCn1c(SCC(=O)Nc2ccccc2F)nnc1[C@H](C)NC(=O)c1ccccc1OC. The van der Waals surface area contributed by atoms with Crippen molar-refractivity contribution in [1.82, 2.24) is 20.1 Å². The molecule has 0 fully saturated rings. The van der Waals surface area contributed by atoms with E-state index in [-0.39, 0.29) is 23.3 Å². The molecule has 2 N–H and O–H groups in total. The fraction of sp³-hybridized carbons (Fsp3) is 0.273. The van der Waals surface area contributed by atoms with Crippen LogP contribution in [0.15, 0.2) is 53.7 Å². The minimum atomic E-state index is -0.496. The van der Waals surface area contributed by atoms with Gasteiger partial charge in [0, 0.05) is 6.54 Å². The first-order valence-electron chi connectivity index (χ1n) is 9.98. The molecule has 0 unspecified atom stereocenters. The van der Waals surface area contributed by atoms with Crippen molar-refractivity contribution in [3.05, 3.63) is 65.7 Å². The van der Waals surface area contributed by atoms with Crippen molar-refractivity contribution in [2.75, 3.05) is 18.2 Å². The van der Waals surface area contributed by atoms with Crippen molar-refractivity contribution in [1.29, 1.82) is 0 Å². The Morgan fingerprint density at radius 2 is 1.88 bits per heavy atom. The first kappa shape index (κ1) is 23.3. The van der Waals surface area contributed by atoms with E-state index in [2.05, 4.69) is 20.8 Å². The normalized spacial score (nSPS) is 11.6. The van der Waals surface area contributed by atoms with E-state index in [1.807, 2.05) is 18.4 Å². The number of amides is 2. The molecule has 1 aromatic heterocycles. The lowest BCUT2D eigenvalue weighted by molar-refractivity contribution is -0.113. The molecule has 2 aromatic carbocycles. The Balaban J connectivity index is 1.65. The zero-order valence-corrected chi connectivity index (χ0v) is 18.8. The molecule has 0 aliphatic carbocycles. The van der Waals surface area contributed by atoms with Crippen LogP contribution in [0.3, 0.4) is 0 Å². The lowest BCUT2D eigenvalue weighted by atomic mass is 10.1. The number of halogens is 1. The third kappa shape index (κ3) is 5.44. The van der Waals surface area contributed by atoms with Crippen LogP contribution in [0.2, 0.25) is 0 Å². The number of hydrogen-bond acceptors (Lipinski definition) is 6. The molecule has 8 nitrogen and oxygen atoms in total. The van der Waals surface area contributed by atoms with Crippen LogP contribution >= 0.6 is 11.8 Å². The molecular weight excluding hydrogens is 433 g/mol. The number of para-hydroxylation sites is 2. The van der Waals surface area contributed by atoms with Crippen LogP contribution < -0.4 is 15.4 Å². The van der Waals surface area contributed by atoms with Gasteiger partial charge in [-0.2, -0.15) is 0 Å². The van der Waals surface area contributed by atoms with Crippen molar-refractivity contribution in [3.63, 3.8) is 0 Å². The molecular formula is C22H24FN5O3S. The second-order valence-electron chi connectivity index (χ2n) is 6.80. The Labute approximate surface area is 189 Å². The minimum Gasteiger partial charge on any atom is -0.496 e. The fourth-order valence-corrected chi connectivity index (χ4v) is 3.88. The summed E-state index contributed by atoms with van der Waals surface area (Å²) in [5, 5.41) is 14.4. The summed E-state index contributed by atoms with van der Waals surface area (Å²) in [5.41, 5.74) is 0.548. The summed E-state index contributed by atoms with van der Waals surface area (Å²) in [4.78, 5) is 24.9. The van der Waals surface area contributed by atoms with Gasteiger partial charge in [0.1, 0.15) is 11.6 Å². The summed E-state index contributed by atoms with van der Waals surface area (Å²) >= 11 is 1.19. The van der Waals surface area contributed by atoms with Gasteiger partial charge in [0.2, 0.25) is 5.91 Å². The number of anilines is 1. The highest BCUT2D eigenvalue weighted by molar-refractivity contribution is 7.99. The molecule has 3 aromatic rings. The molecule has 0 radical (unpaired) electrons.